The number of rotatable bonds is 7. The van der Waals surface area contributed by atoms with Crippen LogP contribution in [0.2, 0.25) is 0 Å². The molecule has 8 heteroatoms. The van der Waals surface area contributed by atoms with Crippen LogP contribution < -0.4 is 11.5 Å². The van der Waals surface area contributed by atoms with Crippen LogP contribution in [0, 0.1) is 0 Å². The van der Waals surface area contributed by atoms with Gasteiger partial charge in [0.25, 0.3) is 0 Å². The smallest absolute Gasteiger partial charge is 0.305 e. The summed E-state index contributed by atoms with van der Waals surface area (Å²) < 4.78 is 0. The highest BCUT2D eigenvalue weighted by atomic mass is 16.4. The third-order valence-corrected chi connectivity index (χ3v) is 2.05. The van der Waals surface area contributed by atoms with Crippen molar-refractivity contribution in [3.05, 3.63) is 0 Å². The van der Waals surface area contributed by atoms with Crippen LogP contribution >= 0.6 is 0 Å². The molecule has 0 unspecified atom stereocenters. The van der Waals surface area contributed by atoms with Gasteiger partial charge in [0.2, 0.25) is 0 Å². The molecule has 0 fully saturated rings. The maximum Gasteiger partial charge on any atom is 0.305 e. The molecule has 4 atom stereocenters. The number of carboxylic acid groups (broad SMARTS) is 2. The molecule has 0 aliphatic rings. The molecule has 94 valence electrons. The Morgan fingerprint density at radius 3 is 1.31 bits per heavy atom. The van der Waals surface area contributed by atoms with Gasteiger partial charge in [-0.15, -0.1) is 0 Å². The summed E-state index contributed by atoms with van der Waals surface area (Å²) in [4.78, 5) is 20.6. The van der Waals surface area contributed by atoms with E-state index in [1.54, 1.807) is 0 Å². The summed E-state index contributed by atoms with van der Waals surface area (Å²) in [7, 11) is 0. The number of hydrogen-bond donors (Lipinski definition) is 6. The van der Waals surface area contributed by atoms with E-state index in [1.807, 2.05) is 0 Å². The van der Waals surface area contributed by atoms with Gasteiger partial charge in [-0.05, 0) is 0 Å². The zero-order valence-corrected chi connectivity index (χ0v) is 8.48. The molecule has 0 heterocycles. The van der Waals surface area contributed by atoms with Gasteiger partial charge in [0.15, 0.2) is 0 Å². The maximum atomic E-state index is 10.3. The SMILES string of the molecule is N[C@H](CC(=O)O)[C@H](O)[C@H](O)[C@H](N)CC(=O)O. The zero-order chi connectivity index (χ0) is 12.9. The van der Waals surface area contributed by atoms with E-state index in [1.165, 1.54) is 0 Å². The average molecular weight is 236 g/mol. The minimum absolute atomic E-state index is 0.544. The number of carbonyl (C=O) groups is 2. The van der Waals surface area contributed by atoms with Crippen LogP contribution in [-0.2, 0) is 9.59 Å². The molecule has 0 amide bonds. The van der Waals surface area contributed by atoms with E-state index in [0.29, 0.717) is 0 Å². The third kappa shape index (κ3) is 5.03. The Bertz CT molecular complexity index is 233. The highest BCUT2D eigenvalue weighted by molar-refractivity contribution is 5.68. The molecular formula is C8H16N2O6. The minimum atomic E-state index is -1.58. The third-order valence-electron chi connectivity index (χ3n) is 2.05. The van der Waals surface area contributed by atoms with Crippen LogP contribution in [-0.4, -0.2) is 56.7 Å². The Kier molecular flexibility index (Phi) is 5.89. The van der Waals surface area contributed by atoms with Gasteiger partial charge in [-0.25, -0.2) is 0 Å². The van der Waals surface area contributed by atoms with Crippen LogP contribution in [0.15, 0.2) is 0 Å². The number of hydrogen-bond acceptors (Lipinski definition) is 6. The number of nitrogens with two attached hydrogens (primary N) is 2. The number of carboxylic acids is 2. The second-order valence-corrected chi connectivity index (χ2v) is 3.50. The molecule has 0 aromatic heterocycles. The van der Waals surface area contributed by atoms with Gasteiger partial charge in [0.05, 0.1) is 25.0 Å². The van der Waals surface area contributed by atoms with Crippen molar-refractivity contribution in [1.29, 1.82) is 0 Å². The van der Waals surface area contributed by atoms with Gasteiger partial charge in [0, 0.05) is 12.1 Å². The lowest BCUT2D eigenvalue weighted by Crippen LogP contribution is -2.52. The predicted octanol–water partition coefficient (Wildman–Crippen LogP) is -2.69. The van der Waals surface area contributed by atoms with Gasteiger partial charge in [-0.2, -0.15) is 0 Å². The van der Waals surface area contributed by atoms with Crippen molar-refractivity contribution in [3.63, 3.8) is 0 Å². The Hall–Kier alpha value is -1.22. The van der Waals surface area contributed by atoms with Crippen LogP contribution in [0.5, 0.6) is 0 Å². The van der Waals surface area contributed by atoms with Gasteiger partial charge in [0.1, 0.15) is 0 Å². The van der Waals surface area contributed by atoms with E-state index in [-0.39, 0.29) is 0 Å². The summed E-state index contributed by atoms with van der Waals surface area (Å²) in [6.07, 6.45) is -4.24. The van der Waals surface area contributed by atoms with Crippen molar-refractivity contribution in [2.45, 2.75) is 37.1 Å². The van der Waals surface area contributed by atoms with Crippen molar-refractivity contribution in [1.82, 2.24) is 0 Å². The van der Waals surface area contributed by atoms with Gasteiger partial charge in [-0.3, -0.25) is 9.59 Å². The fourth-order valence-electron chi connectivity index (χ4n) is 1.15. The Morgan fingerprint density at radius 2 is 1.12 bits per heavy atom. The second-order valence-electron chi connectivity index (χ2n) is 3.50. The molecule has 0 aromatic carbocycles. The minimum Gasteiger partial charge on any atom is -0.481 e. The molecule has 0 radical (unpaired) electrons. The molecule has 0 rings (SSSR count). The van der Waals surface area contributed by atoms with Crippen molar-refractivity contribution < 1.29 is 30.0 Å². The van der Waals surface area contributed by atoms with E-state index in [2.05, 4.69) is 0 Å². The maximum absolute atomic E-state index is 10.3. The molecule has 8 N–H and O–H groups in total. The molecule has 0 bridgehead atoms. The molecule has 16 heavy (non-hydrogen) atoms. The summed E-state index contributed by atoms with van der Waals surface area (Å²) in [6.45, 7) is 0. The molecule has 0 saturated heterocycles. The summed E-state index contributed by atoms with van der Waals surface area (Å²) in [6, 6.07) is -2.40. The molecule has 0 spiro atoms. The first kappa shape index (κ1) is 14.8. The van der Waals surface area contributed by atoms with E-state index >= 15 is 0 Å². The first-order valence-electron chi connectivity index (χ1n) is 4.56. The topological polar surface area (TPSA) is 167 Å². The van der Waals surface area contributed by atoms with Gasteiger partial charge >= 0.3 is 11.9 Å². The van der Waals surface area contributed by atoms with Crippen molar-refractivity contribution in [3.8, 4) is 0 Å². The lowest BCUT2D eigenvalue weighted by molar-refractivity contribution is -0.141. The first-order valence-corrected chi connectivity index (χ1v) is 4.56. The Balaban J connectivity index is 4.29. The van der Waals surface area contributed by atoms with E-state index in [0.717, 1.165) is 0 Å². The van der Waals surface area contributed by atoms with Crippen LogP contribution in [0.25, 0.3) is 0 Å². The summed E-state index contributed by atoms with van der Waals surface area (Å²) >= 11 is 0. The lowest BCUT2D eigenvalue weighted by Gasteiger charge is -2.26. The fourth-order valence-corrected chi connectivity index (χ4v) is 1.15. The molecular weight excluding hydrogens is 220 g/mol. The highest BCUT2D eigenvalue weighted by Gasteiger charge is 2.30. The van der Waals surface area contributed by atoms with Crippen molar-refractivity contribution >= 4 is 11.9 Å². The van der Waals surface area contributed by atoms with E-state index < -0.39 is 49.1 Å². The lowest BCUT2D eigenvalue weighted by atomic mass is 9.96. The number of aliphatic carboxylic acids is 2. The predicted molar refractivity (Wildman–Crippen MR) is 52.5 cm³/mol. The molecule has 0 aromatic rings. The van der Waals surface area contributed by atoms with Gasteiger partial charge in [-0.1, -0.05) is 0 Å². The zero-order valence-electron chi connectivity index (χ0n) is 8.48. The highest BCUT2D eigenvalue weighted by Crippen LogP contribution is 2.07. The van der Waals surface area contributed by atoms with Crippen molar-refractivity contribution in [2.75, 3.05) is 0 Å². The second kappa shape index (κ2) is 6.38. The first-order chi connectivity index (χ1) is 7.25. The normalized spacial score (nSPS) is 18.5. The van der Waals surface area contributed by atoms with Crippen LogP contribution in [0.1, 0.15) is 12.8 Å². The van der Waals surface area contributed by atoms with E-state index in [4.69, 9.17) is 21.7 Å². The largest absolute Gasteiger partial charge is 0.481 e. The van der Waals surface area contributed by atoms with Gasteiger partial charge < -0.3 is 31.9 Å². The number of aliphatic hydroxyl groups is 2. The monoisotopic (exact) mass is 236 g/mol. The fraction of sp³-hybridized carbons (Fsp3) is 0.750. The standard InChI is InChI=1S/C8H16N2O6/c9-3(1-5(11)12)7(15)8(16)4(10)2-6(13)14/h3-4,7-8,15-16H,1-2,9-10H2,(H,11,12)(H,13,14)/t3-,4-,7-,8+/m1/s1. The Labute approximate surface area is 91.5 Å². The number of aliphatic hydroxyl groups excluding tert-OH is 2. The molecule has 0 aliphatic carbocycles. The van der Waals surface area contributed by atoms with E-state index in [9.17, 15) is 19.8 Å². The summed E-state index contributed by atoms with van der Waals surface area (Å²) in [5.74, 6) is -2.46. The average Bonchev–Trinajstić information content (AvgIpc) is 2.13. The Morgan fingerprint density at radius 1 is 0.875 bits per heavy atom. The summed E-state index contributed by atoms with van der Waals surface area (Å²) in [5, 5.41) is 35.6. The van der Waals surface area contributed by atoms with Crippen LogP contribution in [0.3, 0.4) is 0 Å². The van der Waals surface area contributed by atoms with Crippen LogP contribution in [0.4, 0.5) is 0 Å². The van der Waals surface area contributed by atoms with Crippen molar-refractivity contribution in [2.24, 2.45) is 11.5 Å². The summed E-state index contributed by atoms with van der Waals surface area (Å²) in [5.41, 5.74) is 10.6. The molecule has 0 saturated carbocycles. The molecule has 8 nitrogen and oxygen atoms in total. The molecule has 0 aliphatic heterocycles. The quantitative estimate of drug-likeness (QED) is 0.278.